The van der Waals surface area contributed by atoms with Gasteiger partial charge < -0.3 is 15.0 Å². The van der Waals surface area contributed by atoms with Crippen LogP contribution in [0.4, 0.5) is 13.2 Å². The van der Waals surface area contributed by atoms with E-state index in [4.69, 9.17) is 0 Å². The highest BCUT2D eigenvalue weighted by atomic mass is 35.5. The number of benzene rings is 1. The van der Waals surface area contributed by atoms with Crippen LogP contribution in [0, 0.1) is 0 Å². The lowest BCUT2D eigenvalue weighted by Crippen LogP contribution is -2.46. The maximum absolute atomic E-state index is 12.4. The quantitative estimate of drug-likeness (QED) is 0.921. The number of nitrogens with zero attached hydrogens (tertiary/aromatic N) is 1. The van der Waals surface area contributed by atoms with Gasteiger partial charge in [0.2, 0.25) is 0 Å². The van der Waals surface area contributed by atoms with E-state index in [0.29, 0.717) is 6.54 Å². The van der Waals surface area contributed by atoms with Gasteiger partial charge >= 0.3 is 6.36 Å². The second kappa shape index (κ2) is 7.69. The van der Waals surface area contributed by atoms with Crippen molar-refractivity contribution in [3.8, 4) is 5.75 Å². The van der Waals surface area contributed by atoms with Crippen LogP contribution in [0.5, 0.6) is 5.75 Å². The number of hydrogen-bond donors (Lipinski definition) is 1. The molecule has 1 atom stereocenters. The third-order valence-corrected chi connectivity index (χ3v) is 3.48. The molecular weight excluding hydrogens is 321 g/mol. The van der Waals surface area contributed by atoms with Crippen molar-refractivity contribution >= 4 is 18.3 Å². The summed E-state index contributed by atoms with van der Waals surface area (Å²) in [5, 5.41) is 3.17. The minimum absolute atomic E-state index is 0. The van der Waals surface area contributed by atoms with Gasteiger partial charge in [-0.1, -0.05) is 12.1 Å². The van der Waals surface area contributed by atoms with Crippen LogP contribution < -0.4 is 10.1 Å². The first-order valence-corrected chi connectivity index (χ1v) is 6.71. The van der Waals surface area contributed by atoms with Crippen molar-refractivity contribution in [3.63, 3.8) is 0 Å². The Morgan fingerprint density at radius 1 is 1.36 bits per heavy atom. The lowest BCUT2D eigenvalue weighted by atomic mass is 10.0. The molecule has 1 aromatic carbocycles. The molecule has 8 heteroatoms. The molecule has 0 spiro atoms. The van der Waals surface area contributed by atoms with Crippen molar-refractivity contribution < 1.29 is 22.7 Å². The maximum atomic E-state index is 12.4. The highest BCUT2D eigenvalue weighted by Gasteiger charge is 2.33. The number of piperidine rings is 1. The van der Waals surface area contributed by atoms with E-state index in [0.717, 1.165) is 25.5 Å². The summed E-state index contributed by atoms with van der Waals surface area (Å²) < 4.78 is 41.1. The summed E-state index contributed by atoms with van der Waals surface area (Å²) in [6.45, 7) is 1.54. The van der Waals surface area contributed by atoms with Crippen LogP contribution in [0.2, 0.25) is 0 Å². The fourth-order valence-corrected chi connectivity index (χ4v) is 2.38. The van der Waals surface area contributed by atoms with Gasteiger partial charge in [0.15, 0.2) is 0 Å². The molecule has 4 nitrogen and oxygen atoms in total. The topological polar surface area (TPSA) is 41.6 Å². The first-order chi connectivity index (χ1) is 9.88. The van der Waals surface area contributed by atoms with E-state index in [1.807, 2.05) is 0 Å². The molecule has 1 amide bonds. The number of para-hydroxylation sites is 1. The van der Waals surface area contributed by atoms with Crippen molar-refractivity contribution in [1.29, 1.82) is 0 Å². The predicted molar refractivity (Wildman–Crippen MR) is 78.4 cm³/mol. The highest BCUT2D eigenvalue weighted by molar-refractivity contribution is 5.97. The number of rotatable bonds is 3. The molecule has 0 unspecified atom stereocenters. The second-order valence-corrected chi connectivity index (χ2v) is 4.96. The Balaban J connectivity index is 0.00000242. The number of hydrogen-bond acceptors (Lipinski definition) is 3. The Kier molecular flexibility index (Phi) is 6.49. The fraction of sp³-hybridized carbons (Fsp3) is 0.500. The van der Waals surface area contributed by atoms with Crippen molar-refractivity contribution in [2.24, 2.45) is 0 Å². The third-order valence-electron chi connectivity index (χ3n) is 3.48. The van der Waals surface area contributed by atoms with Gasteiger partial charge in [-0.15, -0.1) is 25.6 Å². The van der Waals surface area contributed by atoms with Gasteiger partial charge in [-0.2, -0.15) is 0 Å². The van der Waals surface area contributed by atoms with E-state index in [9.17, 15) is 18.0 Å². The average Bonchev–Trinajstić information content (AvgIpc) is 2.45. The number of halogens is 4. The predicted octanol–water partition coefficient (Wildman–Crippen LogP) is 2.83. The van der Waals surface area contributed by atoms with Crippen LogP contribution >= 0.6 is 12.4 Å². The molecular formula is C14H18ClF3N2O2. The number of ether oxygens (including phenoxy) is 1. The van der Waals surface area contributed by atoms with E-state index in [2.05, 4.69) is 10.1 Å². The molecule has 0 saturated carbocycles. The summed E-state index contributed by atoms with van der Waals surface area (Å²) in [7, 11) is 1.60. The number of nitrogens with one attached hydrogen (secondary N) is 1. The Hall–Kier alpha value is -1.47. The summed E-state index contributed by atoms with van der Waals surface area (Å²) in [5.41, 5.74) is -0.0806. The molecule has 2 rings (SSSR count). The molecule has 0 aliphatic carbocycles. The van der Waals surface area contributed by atoms with Gasteiger partial charge in [0, 0.05) is 19.6 Å². The van der Waals surface area contributed by atoms with Crippen LogP contribution in [-0.2, 0) is 0 Å². The zero-order valence-electron chi connectivity index (χ0n) is 12.0. The summed E-state index contributed by atoms with van der Waals surface area (Å²) in [5.74, 6) is -0.936. The highest BCUT2D eigenvalue weighted by Crippen LogP contribution is 2.27. The van der Waals surface area contributed by atoms with Crippen molar-refractivity contribution in [2.75, 3.05) is 20.1 Å². The van der Waals surface area contributed by atoms with Crippen LogP contribution in [0.25, 0.3) is 0 Å². The summed E-state index contributed by atoms with van der Waals surface area (Å²) in [6.07, 6.45) is -3.05. The average molecular weight is 339 g/mol. The number of likely N-dealkylation sites (N-methyl/N-ethyl adjacent to an activating group) is 1. The second-order valence-electron chi connectivity index (χ2n) is 4.96. The molecule has 1 fully saturated rings. The molecule has 1 aromatic rings. The van der Waals surface area contributed by atoms with Gasteiger partial charge in [0.25, 0.3) is 5.91 Å². The molecule has 0 radical (unpaired) electrons. The maximum Gasteiger partial charge on any atom is 0.573 e. The van der Waals surface area contributed by atoms with Gasteiger partial charge in [-0.25, -0.2) is 0 Å². The largest absolute Gasteiger partial charge is 0.573 e. The summed E-state index contributed by atoms with van der Waals surface area (Å²) >= 11 is 0. The van der Waals surface area contributed by atoms with Crippen molar-refractivity contribution in [3.05, 3.63) is 29.8 Å². The van der Waals surface area contributed by atoms with Crippen LogP contribution in [0.15, 0.2) is 24.3 Å². The van der Waals surface area contributed by atoms with Crippen molar-refractivity contribution in [2.45, 2.75) is 25.2 Å². The molecule has 1 aliphatic heterocycles. The Morgan fingerprint density at radius 3 is 2.64 bits per heavy atom. The van der Waals surface area contributed by atoms with Gasteiger partial charge in [0.05, 0.1) is 5.56 Å². The standard InChI is InChI=1S/C14H17F3N2O2.ClH/c1-19(10-5-4-8-18-9-10)13(20)11-6-2-3-7-12(11)21-14(15,16)17;/h2-3,6-7,10,18H,4-5,8-9H2,1H3;1H/t10-;/m0./s1. The first-order valence-electron chi connectivity index (χ1n) is 6.71. The minimum Gasteiger partial charge on any atom is -0.405 e. The molecule has 1 heterocycles. The van der Waals surface area contributed by atoms with Gasteiger partial charge in [-0.05, 0) is 31.5 Å². The zero-order valence-corrected chi connectivity index (χ0v) is 12.8. The lowest BCUT2D eigenvalue weighted by molar-refractivity contribution is -0.274. The van der Waals surface area contributed by atoms with E-state index in [1.54, 1.807) is 7.05 Å². The number of alkyl halides is 3. The monoisotopic (exact) mass is 338 g/mol. The van der Waals surface area contributed by atoms with Crippen LogP contribution in [-0.4, -0.2) is 43.3 Å². The Morgan fingerprint density at radius 2 is 2.05 bits per heavy atom. The number of carbonyl (C=O) groups excluding carboxylic acids is 1. The molecule has 1 saturated heterocycles. The van der Waals surface area contributed by atoms with E-state index < -0.39 is 18.0 Å². The lowest BCUT2D eigenvalue weighted by Gasteiger charge is -2.32. The van der Waals surface area contributed by atoms with Crippen molar-refractivity contribution in [1.82, 2.24) is 10.2 Å². The van der Waals surface area contributed by atoms with Crippen LogP contribution in [0.1, 0.15) is 23.2 Å². The Labute approximate surface area is 133 Å². The third kappa shape index (κ3) is 4.78. The van der Waals surface area contributed by atoms with E-state index in [1.165, 1.54) is 23.1 Å². The van der Waals surface area contributed by atoms with Crippen LogP contribution in [0.3, 0.4) is 0 Å². The molecule has 124 valence electrons. The van der Waals surface area contributed by atoms with E-state index in [-0.39, 0.29) is 24.0 Å². The first kappa shape index (κ1) is 18.6. The van der Waals surface area contributed by atoms with Gasteiger partial charge in [0.1, 0.15) is 5.75 Å². The summed E-state index contributed by atoms with van der Waals surface area (Å²) in [6, 6.07) is 5.39. The molecule has 0 bridgehead atoms. The zero-order chi connectivity index (χ0) is 15.5. The minimum atomic E-state index is -4.82. The van der Waals surface area contributed by atoms with E-state index >= 15 is 0 Å². The number of carbonyl (C=O) groups is 1. The molecule has 22 heavy (non-hydrogen) atoms. The SMILES string of the molecule is CN(C(=O)c1ccccc1OC(F)(F)F)[C@H]1CCCNC1.Cl. The Bertz CT molecular complexity index is 505. The normalized spacial score (nSPS) is 18.3. The van der Waals surface area contributed by atoms with Gasteiger partial charge in [-0.3, -0.25) is 4.79 Å². The smallest absolute Gasteiger partial charge is 0.405 e. The molecule has 0 aromatic heterocycles. The number of amides is 1. The fourth-order valence-electron chi connectivity index (χ4n) is 2.38. The molecule has 1 N–H and O–H groups in total. The summed E-state index contributed by atoms with van der Waals surface area (Å²) in [4.78, 5) is 13.9. The molecule has 1 aliphatic rings.